The molecule has 1 aliphatic heterocycles. The molecule has 2 nitrogen and oxygen atoms in total. The van der Waals surface area contributed by atoms with Crippen LogP contribution < -0.4 is 0 Å². The lowest BCUT2D eigenvalue weighted by Gasteiger charge is -2.16. The summed E-state index contributed by atoms with van der Waals surface area (Å²) in [4.78, 5) is 11.9. The second kappa shape index (κ2) is 4.15. The Morgan fingerprint density at radius 1 is 0.765 bits per heavy atom. The number of ketones is 1. The molecule has 2 aromatic rings. The Kier molecular flexibility index (Phi) is 2.50. The van der Waals surface area contributed by atoms with Gasteiger partial charge in [0.25, 0.3) is 0 Å². The van der Waals surface area contributed by atoms with E-state index in [9.17, 15) is 4.79 Å². The highest BCUT2D eigenvalue weighted by atomic mass is 16.5. The third kappa shape index (κ3) is 1.77. The molecule has 2 aromatic carbocycles. The summed E-state index contributed by atoms with van der Waals surface area (Å²) in [6, 6.07) is 15.8. The molecule has 0 amide bonds. The average Bonchev–Trinajstić information content (AvgIpc) is 2.37. The van der Waals surface area contributed by atoms with Gasteiger partial charge in [-0.2, -0.15) is 0 Å². The minimum absolute atomic E-state index is 0.0510. The van der Waals surface area contributed by atoms with Crippen molar-refractivity contribution in [1.82, 2.24) is 0 Å². The SMILES string of the molecule is O=C1COCc2ccccc2-c2ccccc21. The molecule has 17 heavy (non-hydrogen) atoms. The second-order valence-corrected chi connectivity index (χ2v) is 4.12. The quantitative estimate of drug-likeness (QED) is 0.687. The molecular formula is C15H12O2. The van der Waals surface area contributed by atoms with Crippen LogP contribution in [0.4, 0.5) is 0 Å². The van der Waals surface area contributed by atoms with E-state index < -0.39 is 0 Å². The van der Waals surface area contributed by atoms with Crippen molar-refractivity contribution in [2.75, 3.05) is 6.61 Å². The number of ether oxygens (including phenoxy) is 1. The van der Waals surface area contributed by atoms with Gasteiger partial charge in [-0.05, 0) is 16.7 Å². The Morgan fingerprint density at radius 2 is 1.41 bits per heavy atom. The summed E-state index contributed by atoms with van der Waals surface area (Å²) in [6.45, 7) is 0.654. The molecule has 0 saturated carbocycles. The Morgan fingerprint density at radius 3 is 2.24 bits per heavy atom. The van der Waals surface area contributed by atoms with E-state index in [1.165, 1.54) is 0 Å². The Bertz CT molecular complexity index is 573. The number of hydrogen-bond acceptors (Lipinski definition) is 2. The molecule has 0 bridgehead atoms. The molecule has 0 aliphatic carbocycles. The molecule has 3 rings (SSSR count). The topological polar surface area (TPSA) is 26.3 Å². The van der Waals surface area contributed by atoms with Crippen LogP contribution >= 0.6 is 0 Å². The third-order valence-electron chi connectivity index (χ3n) is 3.03. The number of rotatable bonds is 0. The highest BCUT2D eigenvalue weighted by Crippen LogP contribution is 2.29. The number of carbonyl (C=O) groups is 1. The summed E-state index contributed by atoms with van der Waals surface area (Å²) < 4.78 is 5.42. The van der Waals surface area contributed by atoms with Crippen LogP contribution in [0.25, 0.3) is 11.1 Å². The van der Waals surface area contributed by atoms with Crippen molar-refractivity contribution in [2.45, 2.75) is 6.61 Å². The fraction of sp³-hybridized carbons (Fsp3) is 0.133. The van der Waals surface area contributed by atoms with E-state index in [1.807, 2.05) is 48.5 Å². The zero-order valence-corrected chi connectivity index (χ0v) is 9.35. The zero-order valence-electron chi connectivity index (χ0n) is 9.35. The van der Waals surface area contributed by atoms with Gasteiger partial charge in [0.15, 0.2) is 5.78 Å². The minimum atomic E-state index is 0.0510. The minimum Gasteiger partial charge on any atom is -0.369 e. The molecule has 0 saturated heterocycles. The lowest BCUT2D eigenvalue weighted by atomic mass is 9.93. The molecule has 84 valence electrons. The molecule has 2 heteroatoms. The van der Waals surface area contributed by atoms with Gasteiger partial charge >= 0.3 is 0 Å². The predicted molar refractivity (Wildman–Crippen MR) is 65.9 cm³/mol. The summed E-state index contributed by atoms with van der Waals surface area (Å²) in [5, 5.41) is 0. The van der Waals surface area contributed by atoms with Gasteiger partial charge < -0.3 is 4.74 Å². The van der Waals surface area contributed by atoms with E-state index in [-0.39, 0.29) is 12.4 Å². The van der Waals surface area contributed by atoms with Gasteiger partial charge in [0.2, 0.25) is 0 Å². The fourth-order valence-corrected chi connectivity index (χ4v) is 2.20. The van der Waals surface area contributed by atoms with Gasteiger partial charge in [0.1, 0.15) is 6.61 Å². The van der Waals surface area contributed by atoms with Gasteiger partial charge in [-0.15, -0.1) is 0 Å². The van der Waals surface area contributed by atoms with Crippen molar-refractivity contribution in [3.63, 3.8) is 0 Å². The van der Waals surface area contributed by atoms with Gasteiger partial charge in [0, 0.05) is 5.56 Å². The molecule has 1 aliphatic rings. The van der Waals surface area contributed by atoms with Gasteiger partial charge in [-0.25, -0.2) is 0 Å². The summed E-state index contributed by atoms with van der Waals surface area (Å²) in [7, 11) is 0. The average molecular weight is 224 g/mol. The van der Waals surface area contributed by atoms with Gasteiger partial charge in [0.05, 0.1) is 6.61 Å². The molecule has 0 N–H and O–H groups in total. The van der Waals surface area contributed by atoms with Crippen molar-refractivity contribution in [3.05, 3.63) is 59.7 Å². The monoisotopic (exact) mass is 224 g/mol. The third-order valence-corrected chi connectivity index (χ3v) is 3.03. The van der Waals surface area contributed by atoms with Crippen LogP contribution in [0.5, 0.6) is 0 Å². The normalized spacial score (nSPS) is 14.5. The van der Waals surface area contributed by atoms with Crippen molar-refractivity contribution in [2.24, 2.45) is 0 Å². The van der Waals surface area contributed by atoms with E-state index in [2.05, 4.69) is 0 Å². The van der Waals surface area contributed by atoms with Crippen molar-refractivity contribution in [3.8, 4) is 11.1 Å². The maximum atomic E-state index is 11.9. The molecule has 1 heterocycles. The molecule has 0 aromatic heterocycles. The second-order valence-electron chi connectivity index (χ2n) is 4.12. The number of benzene rings is 2. The van der Waals surface area contributed by atoms with Gasteiger partial charge in [-0.3, -0.25) is 4.79 Å². The predicted octanol–water partition coefficient (Wildman–Crippen LogP) is 3.07. The highest BCUT2D eigenvalue weighted by Gasteiger charge is 2.17. The largest absolute Gasteiger partial charge is 0.369 e. The van der Waals surface area contributed by atoms with Crippen LogP contribution in [0, 0.1) is 0 Å². The lowest BCUT2D eigenvalue weighted by molar-refractivity contribution is 0.0723. The van der Waals surface area contributed by atoms with E-state index in [0.29, 0.717) is 6.61 Å². The molecule has 0 atom stereocenters. The van der Waals surface area contributed by atoms with Crippen LogP contribution in [0.1, 0.15) is 15.9 Å². The van der Waals surface area contributed by atoms with Crippen molar-refractivity contribution < 1.29 is 9.53 Å². The fourth-order valence-electron chi connectivity index (χ4n) is 2.20. The first-order valence-electron chi connectivity index (χ1n) is 5.64. The van der Waals surface area contributed by atoms with E-state index >= 15 is 0 Å². The number of Topliss-reactive ketones (excluding diaryl/α,β-unsaturated/α-hetero) is 1. The Labute approximate surface area is 99.9 Å². The highest BCUT2D eigenvalue weighted by molar-refractivity contribution is 6.03. The van der Waals surface area contributed by atoms with Crippen molar-refractivity contribution in [1.29, 1.82) is 0 Å². The smallest absolute Gasteiger partial charge is 0.189 e. The van der Waals surface area contributed by atoms with E-state index in [1.54, 1.807) is 0 Å². The van der Waals surface area contributed by atoms with Crippen LogP contribution in [0.15, 0.2) is 48.5 Å². The maximum absolute atomic E-state index is 11.9. The molecule has 0 radical (unpaired) electrons. The molecule has 0 spiro atoms. The van der Waals surface area contributed by atoms with Crippen LogP contribution in [0.3, 0.4) is 0 Å². The van der Waals surface area contributed by atoms with Crippen LogP contribution in [-0.2, 0) is 11.3 Å². The van der Waals surface area contributed by atoms with Gasteiger partial charge in [-0.1, -0.05) is 48.5 Å². The summed E-state index contributed by atoms with van der Waals surface area (Å²) in [6.07, 6.45) is 0. The number of carbonyl (C=O) groups excluding carboxylic acids is 1. The summed E-state index contributed by atoms with van der Waals surface area (Å²) >= 11 is 0. The lowest BCUT2D eigenvalue weighted by Crippen LogP contribution is -2.13. The maximum Gasteiger partial charge on any atom is 0.189 e. The first kappa shape index (κ1) is 10.2. The Balaban J connectivity index is 2.28. The van der Waals surface area contributed by atoms with Crippen LogP contribution in [-0.4, -0.2) is 12.4 Å². The van der Waals surface area contributed by atoms with Crippen LogP contribution in [0.2, 0.25) is 0 Å². The summed E-state index contributed by atoms with van der Waals surface area (Å²) in [5.41, 5.74) is 3.99. The van der Waals surface area contributed by atoms with E-state index in [0.717, 1.165) is 22.3 Å². The number of fused-ring (bicyclic) bond motifs is 3. The van der Waals surface area contributed by atoms with Crippen molar-refractivity contribution >= 4 is 5.78 Å². The number of hydrogen-bond donors (Lipinski definition) is 0. The summed E-state index contributed by atoms with van der Waals surface area (Å²) in [5.74, 6) is 0.0510. The standard InChI is InChI=1S/C15H12O2/c16-15-10-17-9-11-5-1-2-6-12(11)13-7-3-4-8-14(13)15/h1-8H,9-10H2. The molecular weight excluding hydrogens is 212 g/mol. The first-order chi connectivity index (χ1) is 8.36. The Hall–Kier alpha value is -1.93. The molecule has 0 fully saturated rings. The first-order valence-corrected chi connectivity index (χ1v) is 5.64. The van der Waals surface area contributed by atoms with E-state index in [4.69, 9.17) is 4.74 Å². The zero-order chi connectivity index (χ0) is 11.7. The molecule has 0 unspecified atom stereocenters.